The molecule has 0 N–H and O–H groups in total. The Labute approximate surface area is 114 Å². The normalized spacial score (nSPS) is 23.1. The number of hydrogen-bond acceptors (Lipinski definition) is 3. The minimum Gasteiger partial charge on any atom is -0.496 e. The van der Waals surface area contributed by atoms with Gasteiger partial charge in [0.05, 0.1) is 18.8 Å². The van der Waals surface area contributed by atoms with E-state index in [4.69, 9.17) is 9.47 Å². The van der Waals surface area contributed by atoms with Crippen LogP contribution >= 0.6 is 0 Å². The summed E-state index contributed by atoms with van der Waals surface area (Å²) >= 11 is 0. The summed E-state index contributed by atoms with van der Waals surface area (Å²) in [7, 11) is 1.58. The summed E-state index contributed by atoms with van der Waals surface area (Å²) < 4.78 is 10.9. The van der Waals surface area contributed by atoms with Crippen LogP contribution in [0.15, 0.2) is 24.3 Å². The Morgan fingerprint density at radius 2 is 1.89 bits per heavy atom. The third-order valence-electron chi connectivity index (χ3n) is 3.82. The van der Waals surface area contributed by atoms with Crippen LogP contribution in [0.3, 0.4) is 0 Å². The Bertz CT molecular complexity index is 420. The number of carbonyl (C=O) groups excluding carboxylic acids is 1. The molecule has 104 valence electrons. The van der Waals surface area contributed by atoms with E-state index in [-0.39, 0.29) is 18.5 Å². The molecule has 0 bridgehead atoms. The molecule has 3 heteroatoms. The number of hydrogen-bond donors (Lipinski definition) is 0. The number of methoxy groups -OCH3 is 1. The molecule has 0 radical (unpaired) electrons. The molecule has 1 fully saturated rings. The highest BCUT2D eigenvalue weighted by atomic mass is 16.5. The van der Waals surface area contributed by atoms with Gasteiger partial charge >= 0.3 is 0 Å². The van der Waals surface area contributed by atoms with Crippen LogP contribution in [0, 0.1) is 5.92 Å². The Kier molecular flexibility index (Phi) is 4.97. The monoisotopic (exact) mass is 262 g/mol. The molecule has 1 aromatic rings. The van der Waals surface area contributed by atoms with Gasteiger partial charge in [0, 0.05) is 0 Å². The lowest BCUT2D eigenvalue weighted by atomic mass is 9.89. The third kappa shape index (κ3) is 3.80. The van der Waals surface area contributed by atoms with Crippen molar-refractivity contribution in [1.29, 1.82) is 0 Å². The lowest BCUT2D eigenvalue weighted by Crippen LogP contribution is -2.23. The Hall–Kier alpha value is -1.35. The number of ketones is 1. The predicted molar refractivity (Wildman–Crippen MR) is 74.7 cm³/mol. The molecular weight excluding hydrogens is 240 g/mol. The highest BCUT2D eigenvalue weighted by molar-refractivity contribution is 5.99. The highest BCUT2D eigenvalue weighted by Crippen LogP contribution is 2.26. The molecule has 0 amide bonds. The number of ether oxygens (including phenoxy) is 2. The molecule has 0 unspecified atom stereocenters. The van der Waals surface area contributed by atoms with Gasteiger partial charge in [-0.05, 0) is 43.7 Å². The molecule has 3 nitrogen and oxygen atoms in total. The quantitative estimate of drug-likeness (QED) is 0.762. The molecule has 0 aliphatic heterocycles. The van der Waals surface area contributed by atoms with Crippen LogP contribution in [-0.4, -0.2) is 25.6 Å². The second-order valence-electron chi connectivity index (χ2n) is 5.32. The van der Waals surface area contributed by atoms with Gasteiger partial charge in [-0.25, -0.2) is 0 Å². The van der Waals surface area contributed by atoms with Crippen molar-refractivity contribution < 1.29 is 14.3 Å². The maximum Gasteiger partial charge on any atom is 0.192 e. The van der Waals surface area contributed by atoms with Crippen molar-refractivity contribution in [3.8, 4) is 5.75 Å². The van der Waals surface area contributed by atoms with Gasteiger partial charge in [0.15, 0.2) is 5.78 Å². The van der Waals surface area contributed by atoms with Gasteiger partial charge in [-0.3, -0.25) is 4.79 Å². The molecule has 0 spiro atoms. The molecule has 2 rings (SSSR count). The molecule has 1 aromatic carbocycles. The van der Waals surface area contributed by atoms with E-state index < -0.39 is 0 Å². The fraction of sp³-hybridized carbons (Fsp3) is 0.562. The van der Waals surface area contributed by atoms with Crippen LogP contribution in [0.4, 0.5) is 0 Å². The van der Waals surface area contributed by atoms with E-state index in [2.05, 4.69) is 6.92 Å². The van der Waals surface area contributed by atoms with Crippen LogP contribution in [0.2, 0.25) is 0 Å². The molecule has 1 aliphatic carbocycles. The average Bonchev–Trinajstić information content (AvgIpc) is 2.46. The molecule has 19 heavy (non-hydrogen) atoms. The van der Waals surface area contributed by atoms with E-state index in [1.165, 1.54) is 12.8 Å². The van der Waals surface area contributed by atoms with Crippen molar-refractivity contribution >= 4 is 5.78 Å². The predicted octanol–water partition coefficient (Wildman–Crippen LogP) is 3.47. The van der Waals surface area contributed by atoms with E-state index in [0.29, 0.717) is 11.3 Å². The summed E-state index contributed by atoms with van der Waals surface area (Å²) in [6.07, 6.45) is 4.79. The van der Waals surface area contributed by atoms with Gasteiger partial charge in [-0.15, -0.1) is 0 Å². The standard InChI is InChI=1S/C16H22O3/c1-12-7-9-13(10-8-12)19-11-15(17)14-5-3-4-6-16(14)18-2/h3-6,12-13H,7-11H2,1-2H3. The lowest BCUT2D eigenvalue weighted by molar-refractivity contribution is 0.0216. The average molecular weight is 262 g/mol. The van der Waals surface area contributed by atoms with Crippen molar-refractivity contribution in [3.63, 3.8) is 0 Å². The Balaban J connectivity index is 1.87. The first-order valence-electron chi connectivity index (χ1n) is 6.98. The Morgan fingerprint density at radius 1 is 1.21 bits per heavy atom. The summed E-state index contributed by atoms with van der Waals surface area (Å²) in [4.78, 5) is 12.1. The van der Waals surface area contributed by atoms with Gasteiger partial charge < -0.3 is 9.47 Å². The van der Waals surface area contributed by atoms with E-state index in [9.17, 15) is 4.79 Å². The fourth-order valence-corrected chi connectivity index (χ4v) is 2.54. The summed E-state index contributed by atoms with van der Waals surface area (Å²) in [6, 6.07) is 7.29. The van der Waals surface area contributed by atoms with Gasteiger partial charge in [0.2, 0.25) is 0 Å². The van der Waals surface area contributed by atoms with Crippen LogP contribution in [0.5, 0.6) is 5.75 Å². The molecule has 0 heterocycles. The molecule has 0 aromatic heterocycles. The third-order valence-corrected chi connectivity index (χ3v) is 3.82. The zero-order valence-corrected chi connectivity index (χ0v) is 11.7. The molecule has 0 saturated heterocycles. The maximum absolute atomic E-state index is 12.1. The van der Waals surface area contributed by atoms with Crippen molar-refractivity contribution in [2.45, 2.75) is 38.7 Å². The number of rotatable bonds is 5. The molecular formula is C16H22O3. The second kappa shape index (κ2) is 6.71. The summed E-state index contributed by atoms with van der Waals surface area (Å²) in [5.74, 6) is 1.41. The molecule has 0 atom stereocenters. The summed E-state index contributed by atoms with van der Waals surface area (Å²) in [5.41, 5.74) is 0.606. The molecule has 1 aliphatic rings. The number of Topliss-reactive ketones (excluding diaryl/α,β-unsaturated/α-hetero) is 1. The zero-order valence-electron chi connectivity index (χ0n) is 11.7. The largest absolute Gasteiger partial charge is 0.496 e. The minimum atomic E-state index is -0.00364. The highest BCUT2D eigenvalue weighted by Gasteiger charge is 2.20. The van der Waals surface area contributed by atoms with Crippen LogP contribution in [0.1, 0.15) is 43.0 Å². The SMILES string of the molecule is COc1ccccc1C(=O)COC1CCC(C)CC1. The fourth-order valence-electron chi connectivity index (χ4n) is 2.54. The van der Waals surface area contributed by atoms with Crippen molar-refractivity contribution in [3.05, 3.63) is 29.8 Å². The van der Waals surface area contributed by atoms with E-state index >= 15 is 0 Å². The van der Waals surface area contributed by atoms with E-state index in [0.717, 1.165) is 18.8 Å². The number of carbonyl (C=O) groups is 1. The van der Waals surface area contributed by atoms with Gasteiger partial charge in [-0.1, -0.05) is 19.1 Å². The van der Waals surface area contributed by atoms with E-state index in [1.807, 2.05) is 12.1 Å². The molecule has 1 saturated carbocycles. The van der Waals surface area contributed by atoms with Gasteiger partial charge in [0.25, 0.3) is 0 Å². The Morgan fingerprint density at radius 3 is 2.58 bits per heavy atom. The summed E-state index contributed by atoms with van der Waals surface area (Å²) in [5, 5.41) is 0. The van der Waals surface area contributed by atoms with Crippen LogP contribution < -0.4 is 4.74 Å². The lowest BCUT2D eigenvalue weighted by Gasteiger charge is -2.26. The minimum absolute atomic E-state index is 0.00364. The van der Waals surface area contributed by atoms with Crippen molar-refractivity contribution in [2.24, 2.45) is 5.92 Å². The van der Waals surface area contributed by atoms with Crippen molar-refractivity contribution in [2.75, 3.05) is 13.7 Å². The first-order chi connectivity index (χ1) is 9.20. The van der Waals surface area contributed by atoms with Crippen LogP contribution in [-0.2, 0) is 4.74 Å². The van der Waals surface area contributed by atoms with Crippen LogP contribution in [0.25, 0.3) is 0 Å². The maximum atomic E-state index is 12.1. The van der Waals surface area contributed by atoms with Gasteiger partial charge in [-0.2, -0.15) is 0 Å². The van der Waals surface area contributed by atoms with Crippen molar-refractivity contribution in [1.82, 2.24) is 0 Å². The zero-order chi connectivity index (χ0) is 13.7. The number of para-hydroxylation sites is 1. The summed E-state index contributed by atoms with van der Waals surface area (Å²) in [6.45, 7) is 2.43. The van der Waals surface area contributed by atoms with Gasteiger partial charge in [0.1, 0.15) is 12.4 Å². The number of benzene rings is 1. The first-order valence-corrected chi connectivity index (χ1v) is 6.98. The van der Waals surface area contributed by atoms with E-state index in [1.54, 1.807) is 19.2 Å². The second-order valence-corrected chi connectivity index (χ2v) is 5.32. The topological polar surface area (TPSA) is 35.5 Å². The smallest absolute Gasteiger partial charge is 0.192 e. The first kappa shape index (κ1) is 14.1.